The Labute approximate surface area is 151 Å². The summed E-state index contributed by atoms with van der Waals surface area (Å²) in [5.41, 5.74) is 5.83. The summed E-state index contributed by atoms with van der Waals surface area (Å²) < 4.78 is 1.33. The quantitative estimate of drug-likeness (QED) is 0.356. The number of nitrogens with one attached hydrogen (secondary N) is 1. The highest BCUT2D eigenvalue weighted by atomic mass is 32.2. The number of hydrogen-bond acceptors (Lipinski definition) is 7. The Morgan fingerprint density at radius 3 is 2.68 bits per heavy atom. The minimum Gasteiger partial charge on any atom is -0.334 e. The summed E-state index contributed by atoms with van der Waals surface area (Å²) in [6.45, 7) is 1.99. The molecule has 8 heteroatoms. The van der Waals surface area contributed by atoms with Gasteiger partial charge in [-0.15, -0.1) is 10.2 Å². The molecule has 0 unspecified atom stereocenters. The molecule has 3 N–H and O–H groups in total. The van der Waals surface area contributed by atoms with Crippen LogP contribution < -0.4 is 11.3 Å². The van der Waals surface area contributed by atoms with Gasteiger partial charge in [-0.3, -0.25) is 4.79 Å². The first kappa shape index (κ1) is 17.5. The SMILES string of the molecule is Cc1ccc(C(=O)CSc2nnc(NN=C3CCCCC3)n2N)cc1. The van der Waals surface area contributed by atoms with Crippen molar-refractivity contribution in [3.8, 4) is 0 Å². The fourth-order valence-corrected chi connectivity index (χ4v) is 3.36. The first-order valence-electron chi connectivity index (χ1n) is 8.38. The van der Waals surface area contributed by atoms with Crippen LogP contribution in [-0.4, -0.2) is 32.1 Å². The fourth-order valence-electron chi connectivity index (χ4n) is 2.61. The molecule has 1 aliphatic rings. The molecule has 132 valence electrons. The number of hydrogen-bond donors (Lipinski definition) is 2. The topological polar surface area (TPSA) is 98.2 Å². The molecule has 0 aliphatic heterocycles. The number of Topliss-reactive ketones (excluding diaryl/α,β-unsaturated/α-hetero) is 1. The third-order valence-corrected chi connectivity index (χ3v) is 5.06. The molecule has 25 heavy (non-hydrogen) atoms. The maximum Gasteiger partial charge on any atom is 0.264 e. The molecule has 1 saturated carbocycles. The van der Waals surface area contributed by atoms with Gasteiger partial charge in [0, 0.05) is 11.3 Å². The van der Waals surface area contributed by atoms with E-state index < -0.39 is 0 Å². The lowest BCUT2D eigenvalue weighted by atomic mass is 9.99. The monoisotopic (exact) mass is 358 g/mol. The third kappa shape index (κ3) is 4.60. The van der Waals surface area contributed by atoms with Gasteiger partial charge in [0.15, 0.2) is 5.78 Å². The molecule has 7 nitrogen and oxygen atoms in total. The summed E-state index contributed by atoms with van der Waals surface area (Å²) in [5.74, 6) is 6.66. The number of carbonyl (C=O) groups is 1. The smallest absolute Gasteiger partial charge is 0.264 e. The zero-order valence-corrected chi connectivity index (χ0v) is 15.1. The van der Waals surface area contributed by atoms with Crippen LogP contribution in [0.25, 0.3) is 0 Å². The van der Waals surface area contributed by atoms with Gasteiger partial charge >= 0.3 is 0 Å². The van der Waals surface area contributed by atoms with Crippen molar-refractivity contribution in [2.45, 2.75) is 44.2 Å². The van der Waals surface area contributed by atoms with Crippen molar-refractivity contribution in [3.63, 3.8) is 0 Å². The summed E-state index contributed by atoms with van der Waals surface area (Å²) in [5, 5.41) is 12.9. The third-order valence-electron chi connectivity index (χ3n) is 4.12. The number of benzene rings is 1. The molecule has 1 aromatic heterocycles. The number of thioether (sulfide) groups is 1. The Morgan fingerprint density at radius 1 is 1.24 bits per heavy atom. The number of aromatic nitrogens is 3. The highest BCUT2D eigenvalue weighted by Crippen LogP contribution is 2.19. The van der Waals surface area contributed by atoms with Crippen LogP contribution in [0.15, 0.2) is 34.5 Å². The second kappa shape index (κ2) is 8.15. The Balaban J connectivity index is 1.57. The van der Waals surface area contributed by atoms with Crippen LogP contribution in [0.4, 0.5) is 5.95 Å². The number of hydrazone groups is 1. The van der Waals surface area contributed by atoms with Crippen molar-refractivity contribution in [2.24, 2.45) is 5.10 Å². The molecule has 3 rings (SSSR count). The molecule has 1 heterocycles. The van der Waals surface area contributed by atoms with E-state index in [-0.39, 0.29) is 11.5 Å². The number of carbonyl (C=O) groups excluding carboxylic acids is 1. The molecule has 1 fully saturated rings. The normalized spacial score (nSPS) is 14.4. The van der Waals surface area contributed by atoms with Gasteiger partial charge in [0.05, 0.1) is 5.75 Å². The van der Waals surface area contributed by atoms with Gasteiger partial charge in [0.25, 0.3) is 5.95 Å². The minimum atomic E-state index is 0.0324. The fraction of sp³-hybridized carbons (Fsp3) is 0.412. The van der Waals surface area contributed by atoms with E-state index >= 15 is 0 Å². The summed E-state index contributed by atoms with van der Waals surface area (Å²) in [6.07, 6.45) is 5.65. The van der Waals surface area contributed by atoms with Crippen molar-refractivity contribution in [1.82, 2.24) is 14.9 Å². The van der Waals surface area contributed by atoms with E-state index in [1.165, 1.54) is 35.7 Å². The highest BCUT2D eigenvalue weighted by Gasteiger charge is 2.14. The van der Waals surface area contributed by atoms with Crippen LogP contribution in [-0.2, 0) is 0 Å². The average molecular weight is 358 g/mol. The molecule has 1 aromatic carbocycles. The number of aryl methyl sites for hydroxylation is 1. The van der Waals surface area contributed by atoms with E-state index in [0.29, 0.717) is 16.7 Å². The molecule has 0 bridgehead atoms. The molecule has 0 spiro atoms. The maximum absolute atomic E-state index is 12.2. The van der Waals surface area contributed by atoms with E-state index in [4.69, 9.17) is 5.84 Å². The molecule has 0 atom stereocenters. The van der Waals surface area contributed by atoms with E-state index in [9.17, 15) is 4.79 Å². The van der Waals surface area contributed by atoms with E-state index in [1.807, 2.05) is 31.2 Å². The van der Waals surface area contributed by atoms with Gasteiger partial charge in [-0.25, -0.2) is 10.1 Å². The summed E-state index contributed by atoms with van der Waals surface area (Å²) in [4.78, 5) is 12.2. The molecule has 0 radical (unpaired) electrons. The Kier molecular flexibility index (Phi) is 5.70. The number of ketones is 1. The number of nitrogens with zero attached hydrogens (tertiary/aromatic N) is 4. The van der Waals surface area contributed by atoms with Crippen LogP contribution >= 0.6 is 11.8 Å². The van der Waals surface area contributed by atoms with Crippen LogP contribution in [0.2, 0.25) is 0 Å². The molecular weight excluding hydrogens is 336 g/mol. The van der Waals surface area contributed by atoms with E-state index in [0.717, 1.165) is 24.1 Å². The van der Waals surface area contributed by atoms with Crippen LogP contribution in [0.3, 0.4) is 0 Å². The molecule has 0 amide bonds. The van der Waals surface area contributed by atoms with Gasteiger partial charge in [-0.05, 0) is 32.6 Å². The van der Waals surface area contributed by atoms with Crippen molar-refractivity contribution >= 4 is 29.2 Å². The van der Waals surface area contributed by atoms with E-state index in [1.54, 1.807) is 0 Å². The summed E-state index contributed by atoms with van der Waals surface area (Å²) in [7, 11) is 0. The van der Waals surface area contributed by atoms with Gasteiger partial charge in [-0.2, -0.15) is 5.10 Å². The van der Waals surface area contributed by atoms with Crippen molar-refractivity contribution in [2.75, 3.05) is 17.0 Å². The minimum absolute atomic E-state index is 0.0324. The number of anilines is 1. The molecular formula is C17H22N6OS. The highest BCUT2D eigenvalue weighted by molar-refractivity contribution is 7.99. The molecule has 0 saturated heterocycles. The zero-order chi connectivity index (χ0) is 17.6. The first-order valence-corrected chi connectivity index (χ1v) is 9.36. The van der Waals surface area contributed by atoms with Gasteiger partial charge in [0.2, 0.25) is 5.16 Å². The predicted molar refractivity (Wildman–Crippen MR) is 101 cm³/mol. The Bertz CT molecular complexity index is 760. The van der Waals surface area contributed by atoms with Gasteiger partial charge < -0.3 is 5.84 Å². The largest absolute Gasteiger partial charge is 0.334 e. The lowest BCUT2D eigenvalue weighted by molar-refractivity contribution is 0.102. The maximum atomic E-state index is 12.2. The van der Waals surface area contributed by atoms with Crippen LogP contribution in [0.1, 0.15) is 48.0 Å². The Hall–Kier alpha value is -2.35. The van der Waals surface area contributed by atoms with Gasteiger partial charge in [-0.1, -0.05) is 48.0 Å². The summed E-state index contributed by atoms with van der Waals surface area (Å²) in [6, 6.07) is 7.52. The summed E-state index contributed by atoms with van der Waals surface area (Å²) >= 11 is 1.26. The van der Waals surface area contributed by atoms with Crippen LogP contribution in [0, 0.1) is 6.92 Å². The lowest BCUT2D eigenvalue weighted by Crippen LogP contribution is -2.15. The first-order chi connectivity index (χ1) is 12.1. The zero-order valence-electron chi connectivity index (χ0n) is 14.2. The number of nitrogen functional groups attached to an aromatic ring is 1. The number of rotatable bonds is 6. The second-order valence-electron chi connectivity index (χ2n) is 6.10. The van der Waals surface area contributed by atoms with E-state index in [2.05, 4.69) is 20.7 Å². The van der Waals surface area contributed by atoms with Crippen molar-refractivity contribution in [1.29, 1.82) is 0 Å². The van der Waals surface area contributed by atoms with Gasteiger partial charge in [0.1, 0.15) is 0 Å². The average Bonchev–Trinajstić information content (AvgIpc) is 2.99. The van der Waals surface area contributed by atoms with Crippen LogP contribution in [0.5, 0.6) is 0 Å². The predicted octanol–water partition coefficient (Wildman–Crippen LogP) is 3.01. The Morgan fingerprint density at radius 2 is 1.96 bits per heavy atom. The number of nitrogens with two attached hydrogens (primary N) is 1. The van der Waals surface area contributed by atoms with Crippen molar-refractivity contribution < 1.29 is 4.79 Å². The standard InChI is InChI=1S/C17H22N6OS/c1-12-7-9-13(10-8-12)15(24)11-25-17-22-21-16(23(17)18)20-19-14-5-3-2-4-6-14/h7-10H,2-6,11,18H2,1H3,(H,20,21). The lowest BCUT2D eigenvalue weighted by Gasteiger charge is -2.12. The molecule has 2 aromatic rings. The second-order valence-corrected chi connectivity index (χ2v) is 7.05. The van der Waals surface area contributed by atoms with Crippen molar-refractivity contribution in [3.05, 3.63) is 35.4 Å². The molecule has 1 aliphatic carbocycles.